The van der Waals surface area contributed by atoms with Gasteiger partial charge < -0.3 is 19.6 Å². The number of hydrogen-bond donors (Lipinski definition) is 1. The third-order valence-electron chi connectivity index (χ3n) is 9.13. The Kier molecular flexibility index (Phi) is 9.30. The zero-order valence-corrected chi connectivity index (χ0v) is 24.2. The molecule has 8 heteroatoms. The number of carbonyl (C=O) groups excluding carboxylic acids is 1. The fourth-order valence-electron chi connectivity index (χ4n) is 6.65. The van der Waals surface area contributed by atoms with Crippen LogP contribution in [0.4, 0.5) is 5.69 Å². The first-order valence-electron chi connectivity index (χ1n) is 15.4. The van der Waals surface area contributed by atoms with Crippen molar-refractivity contribution in [2.45, 2.75) is 32.4 Å². The summed E-state index contributed by atoms with van der Waals surface area (Å²) >= 11 is 0. The number of amides is 1. The summed E-state index contributed by atoms with van der Waals surface area (Å²) in [5.74, 6) is 2.05. The number of nitrogens with one attached hydrogen (secondary N) is 1. The Balaban J connectivity index is 0.956. The molecule has 0 unspecified atom stereocenters. The number of carbonyl (C=O) groups is 1. The van der Waals surface area contributed by atoms with Crippen molar-refractivity contribution in [2.75, 3.05) is 70.3 Å². The molecule has 2 aromatic carbocycles. The van der Waals surface area contributed by atoms with Crippen LogP contribution >= 0.6 is 0 Å². The van der Waals surface area contributed by atoms with E-state index < -0.39 is 0 Å². The molecular weight excluding hydrogens is 512 g/mol. The van der Waals surface area contributed by atoms with Crippen molar-refractivity contribution in [3.05, 3.63) is 83.7 Å². The summed E-state index contributed by atoms with van der Waals surface area (Å²) < 4.78 is 5.78. The van der Waals surface area contributed by atoms with E-state index in [-0.39, 0.29) is 0 Å². The molecule has 0 aliphatic carbocycles. The van der Waals surface area contributed by atoms with Crippen molar-refractivity contribution in [1.82, 2.24) is 25.2 Å². The van der Waals surface area contributed by atoms with Gasteiger partial charge in [0, 0.05) is 77.1 Å². The van der Waals surface area contributed by atoms with Crippen LogP contribution in [0, 0.1) is 11.8 Å². The second-order valence-electron chi connectivity index (χ2n) is 11.9. The highest BCUT2D eigenvalue weighted by atomic mass is 16.5. The van der Waals surface area contributed by atoms with Gasteiger partial charge in [-0.2, -0.15) is 0 Å². The predicted octanol–water partition coefficient (Wildman–Crippen LogP) is 3.50. The molecule has 41 heavy (non-hydrogen) atoms. The van der Waals surface area contributed by atoms with Gasteiger partial charge in [0.25, 0.3) is 0 Å². The first-order valence-corrected chi connectivity index (χ1v) is 15.4. The fourth-order valence-corrected chi connectivity index (χ4v) is 6.65. The van der Waals surface area contributed by atoms with Crippen LogP contribution in [-0.4, -0.2) is 91.2 Å². The number of nitrogens with zero attached hydrogens (tertiary/aromatic N) is 5. The van der Waals surface area contributed by atoms with Crippen molar-refractivity contribution in [1.29, 1.82) is 0 Å². The van der Waals surface area contributed by atoms with Gasteiger partial charge in [-0.1, -0.05) is 53.7 Å². The number of para-hydroxylation sites is 1. The van der Waals surface area contributed by atoms with Gasteiger partial charge in [0.15, 0.2) is 5.76 Å². The molecule has 0 bridgehead atoms. The summed E-state index contributed by atoms with van der Waals surface area (Å²) in [5.41, 5.74) is 3.66. The van der Waals surface area contributed by atoms with Crippen LogP contribution < -0.4 is 10.2 Å². The van der Waals surface area contributed by atoms with Gasteiger partial charge in [0.05, 0.1) is 12.2 Å². The Hall–Kier alpha value is -3.20. The lowest BCUT2D eigenvalue weighted by molar-refractivity contribution is -0.134. The first kappa shape index (κ1) is 27.9. The quantitative estimate of drug-likeness (QED) is 0.433. The summed E-state index contributed by atoms with van der Waals surface area (Å²) in [6, 6.07) is 23.4. The maximum Gasteiger partial charge on any atom is 0.222 e. The molecule has 1 aromatic heterocycles. The van der Waals surface area contributed by atoms with Gasteiger partial charge in [-0.15, -0.1) is 0 Å². The van der Waals surface area contributed by atoms with Crippen LogP contribution in [0.2, 0.25) is 0 Å². The Morgan fingerprint density at radius 1 is 0.829 bits per heavy atom. The van der Waals surface area contributed by atoms with Crippen molar-refractivity contribution >= 4 is 11.6 Å². The second kappa shape index (κ2) is 13.6. The van der Waals surface area contributed by atoms with E-state index in [0.29, 0.717) is 24.2 Å². The lowest BCUT2D eigenvalue weighted by Gasteiger charge is -2.37. The van der Waals surface area contributed by atoms with Crippen LogP contribution in [-0.2, 0) is 24.3 Å². The average Bonchev–Trinajstić information content (AvgIpc) is 3.46. The van der Waals surface area contributed by atoms with Crippen molar-refractivity contribution in [3.8, 4) is 0 Å². The largest absolute Gasteiger partial charge is 0.369 e. The molecule has 8 nitrogen and oxygen atoms in total. The van der Waals surface area contributed by atoms with E-state index in [1.807, 2.05) is 0 Å². The molecule has 3 aliphatic rings. The van der Waals surface area contributed by atoms with E-state index in [1.165, 1.54) is 11.3 Å². The highest BCUT2D eigenvalue weighted by molar-refractivity contribution is 5.76. The number of hydrogen-bond acceptors (Lipinski definition) is 7. The summed E-state index contributed by atoms with van der Waals surface area (Å²) in [6.07, 6.45) is 2.54. The lowest BCUT2D eigenvalue weighted by Crippen LogP contribution is -2.49. The molecule has 3 aliphatic heterocycles. The highest BCUT2D eigenvalue weighted by Crippen LogP contribution is 2.28. The van der Waals surface area contributed by atoms with E-state index >= 15 is 0 Å². The number of anilines is 1. The molecule has 218 valence electrons. The second-order valence-corrected chi connectivity index (χ2v) is 11.9. The zero-order valence-electron chi connectivity index (χ0n) is 24.2. The molecule has 4 heterocycles. The summed E-state index contributed by atoms with van der Waals surface area (Å²) in [7, 11) is 0. The Bertz CT molecular complexity index is 1220. The fraction of sp³-hybridized carbons (Fsp3) is 0.515. The van der Waals surface area contributed by atoms with E-state index in [1.54, 1.807) is 0 Å². The van der Waals surface area contributed by atoms with Gasteiger partial charge in [0.2, 0.25) is 5.91 Å². The van der Waals surface area contributed by atoms with E-state index in [9.17, 15) is 4.79 Å². The van der Waals surface area contributed by atoms with Gasteiger partial charge >= 0.3 is 0 Å². The zero-order chi connectivity index (χ0) is 27.9. The normalized spacial score (nSPS) is 22.6. The summed E-state index contributed by atoms with van der Waals surface area (Å²) in [5, 5.41) is 8.00. The number of piperidine rings is 1. The van der Waals surface area contributed by atoms with Crippen LogP contribution in [0.5, 0.6) is 0 Å². The molecular formula is C33H44N6O2. The van der Waals surface area contributed by atoms with Gasteiger partial charge in [-0.05, 0) is 55.5 Å². The molecule has 3 aromatic rings. The maximum absolute atomic E-state index is 13.3. The van der Waals surface area contributed by atoms with Crippen LogP contribution in [0.15, 0.2) is 71.3 Å². The van der Waals surface area contributed by atoms with Crippen LogP contribution in [0.25, 0.3) is 0 Å². The molecule has 1 N–H and O–H groups in total. The molecule has 6 rings (SSSR count). The molecule has 3 fully saturated rings. The lowest BCUT2D eigenvalue weighted by atomic mass is 9.81. The molecule has 3 saturated heterocycles. The predicted molar refractivity (Wildman–Crippen MR) is 162 cm³/mol. The topological polar surface area (TPSA) is 68.1 Å². The molecule has 1 amide bonds. The molecule has 0 radical (unpaired) electrons. The van der Waals surface area contributed by atoms with Crippen molar-refractivity contribution in [2.24, 2.45) is 11.8 Å². The van der Waals surface area contributed by atoms with Gasteiger partial charge in [0.1, 0.15) is 0 Å². The Morgan fingerprint density at radius 2 is 1.51 bits per heavy atom. The SMILES string of the molecule is O=C(C[C@@H]1CCNC[C@@H]1Cc1cc(CN2CCN(c3ccccc3)CC2)on1)N1CCN(Cc2ccccc2)CC1. The third-order valence-corrected chi connectivity index (χ3v) is 9.13. The van der Waals surface area contributed by atoms with E-state index in [2.05, 4.69) is 96.8 Å². The Labute approximate surface area is 244 Å². The Morgan fingerprint density at radius 3 is 2.27 bits per heavy atom. The van der Waals surface area contributed by atoms with Crippen molar-refractivity contribution < 1.29 is 9.32 Å². The molecule has 0 spiro atoms. The first-order chi connectivity index (χ1) is 20.2. The summed E-state index contributed by atoms with van der Waals surface area (Å²) in [4.78, 5) is 22.8. The van der Waals surface area contributed by atoms with Crippen LogP contribution in [0.1, 0.15) is 29.9 Å². The minimum atomic E-state index is 0.316. The van der Waals surface area contributed by atoms with Gasteiger partial charge in [-0.25, -0.2) is 0 Å². The van der Waals surface area contributed by atoms with Gasteiger partial charge in [-0.3, -0.25) is 14.6 Å². The number of aromatic nitrogens is 1. The number of rotatable bonds is 9. The average molecular weight is 557 g/mol. The maximum atomic E-state index is 13.3. The number of benzene rings is 2. The van der Waals surface area contributed by atoms with E-state index in [4.69, 9.17) is 4.52 Å². The van der Waals surface area contributed by atoms with E-state index in [0.717, 1.165) is 103 Å². The highest BCUT2D eigenvalue weighted by Gasteiger charge is 2.31. The number of piperazine rings is 2. The molecule has 2 atom stereocenters. The van der Waals surface area contributed by atoms with Crippen LogP contribution in [0.3, 0.4) is 0 Å². The minimum Gasteiger partial charge on any atom is -0.369 e. The summed E-state index contributed by atoms with van der Waals surface area (Å²) in [6.45, 7) is 11.3. The molecule has 0 saturated carbocycles. The van der Waals surface area contributed by atoms with Crippen molar-refractivity contribution in [3.63, 3.8) is 0 Å². The standard InChI is InChI=1S/C33H44N6O2/c40-33(39-19-15-36(16-20-39)25-27-7-3-1-4-8-27)22-28-11-12-34-24-29(28)21-30-23-32(41-35-30)26-37-13-17-38(18-14-37)31-9-5-2-6-10-31/h1-10,23,28-29,34H,11-22,24-26H2/t28-,29-/m0/s1. The third kappa shape index (κ3) is 7.56. The monoisotopic (exact) mass is 556 g/mol. The smallest absolute Gasteiger partial charge is 0.222 e. The minimum absolute atomic E-state index is 0.316.